The Balaban J connectivity index is 2.01. The third kappa shape index (κ3) is 3.01. The lowest BCUT2D eigenvalue weighted by Gasteiger charge is -2.29. The largest absolute Gasteiger partial charge is 0.475 e. The van der Waals surface area contributed by atoms with Gasteiger partial charge in [0.1, 0.15) is 5.69 Å². The van der Waals surface area contributed by atoms with Gasteiger partial charge in [-0.3, -0.25) is 4.98 Å². The minimum absolute atomic E-state index is 0.567. The van der Waals surface area contributed by atoms with E-state index < -0.39 is 0 Å². The second kappa shape index (κ2) is 6.70. The highest BCUT2D eigenvalue weighted by molar-refractivity contribution is 5.68. The number of aryl methyl sites for hydroxylation is 1. The van der Waals surface area contributed by atoms with Gasteiger partial charge in [0.25, 0.3) is 5.88 Å². The second-order valence-electron chi connectivity index (χ2n) is 5.09. The third-order valence-corrected chi connectivity index (χ3v) is 3.66. The molecule has 0 spiro atoms. The molecule has 1 aliphatic rings. The smallest absolute Gasteiger partial charge is 0.257 e. The number of aromatic nitrogens is 3. The fourth-order valence-corrected chi connectivity index (χ4v) is 2.53. The van der Waals surface area contributed by atoms with E-state index in [4.69, 9.17) is 9.47 Å². The van der Waals surface area contributed by atoms with Gasteiger partial charge in [0.15, 0.2) is 0 Å². The topological polar surface area (TPSA) is 60.4 Å². The van der Waals surface area contributed by atoms with Gasteiger partial charge < -0.3 is 14.4 Å². The molecule has 2 aromatic heterocycles. The van der Waals surface area contributed by atoms with Crippen molar-refractivity contribution in [3.05, 3.63) is 30.1 Å². The Morgan fingerprint density at radius 3 is 2.82 bits per heavy atom. The molecule has 0 N–H and O–H groups in total. The molecule has 0 radical (unpaired) electrons. The fraction of sp³-hybridized carbons (Fsp3) is 0.438. The molecule has 0 aliphatic carbocycles. The maximum absolute atomic E-state index is 5.64. The van der Waals surface area contributed by atoms with Crippen LogP contribution in [0.25, 0.3) is 11.3 Å². The van der Waals surface area contributed by atoms with Gasteiger partial charge in [0.2, 0.25) is 0 Å². The van der Waals surface area contributed by atoms with Crippen molar-refractivity contribution in [3.63, 3.8) is 0 Å². The first-order chi connectivity index (χ1) is 10.8. The Morgan fingerprint density at radius 2 is 2.09 bits per heavy atom. The zero-order chi connectivity index (χ0) is 15.4. The molecule has 22 heavy (non-hydrogen) atoms. The minimum Gasteiger partial charge on any atom is -0.475 e. The van der Waals surface area contributed by atoms with Gasteiger partial charge in [-0.15, -0.1) is 10.2 Å². The standard InChI is InChI=1S/C16H20N4O2/c1-3-22-16-15(20-7-9-21-10-8-20)11-14(18-19-16)13-5-4-6-17-12(13)2/h4-6,11H,3,7-10H2,1-2H3. The molecule has 0 atom stereocenters. The Hall–Kier alpha value is -2.21. The predicted octanol–water partition coefficient (Wildman–Crippen LogP) is 2.08. The van der Waals surface area contributed by atoms with Crippen LogP contribution in [0.3, 0.4) is 0 Å². The summed E-state index contributed by atoms with van der Waals surface area (Å²) in [6, 6.07) is 5.96. The molecule has 0 amide bonds. The van der Waals surface area contributed by atoms with E-state index >= 15 is 0 Å². The minimum atomic E-state index is 0.567. The zero-order valence-electron chi connectivity index (χ0n) is 13.0. The van der Waals surface area contributed by atoms with Gasteiger partial charge >= 0.3 is 0 Å². The summed E-state index contributed by atoms with van der Waals surface area (Å²) >= 11 is 0. The molecule has 1 saturated heterocycles. The van der Waals surface area contributed by atoms with E-state index in [0.717, 1.165) is 48.9 Å². The maximum atomic E-state index is 5.64. The van der Waals surface area contributed by atoms with E-state index in [1.807, 2.05) is 32.0 Å². The first-order valence-corrected chi connectivity index (χ1v) is 7.55. The molecule has 116 valence electrons. The number of hydrogen-bond donors (Lipinski definition) is 0. The van der Waals surface area contributed by atoms with Crippen molar-refractivity contribution in [2.24, 2.45) is 0 Å². The molecule has 0 aromatic carbocycles. The summed E-state index contributed by atoms with van der Waals surface area (Å²) in [5, 5.41) is 8.59. The van der Waals surface area contributed by atoms with Crippen LogP contribution in [0.1, 0.15) is 12.6 Å². The van der Waals surface area contributed by atoms with Crippen molar-refractivity contribution >= 4 is 5.69 Å². The first kappa shape index (κ1) is 14.7. The van der Waals surface area contributed by atoms with Crippen molar-refractivity contribution in [2.45, 2.75) is 13.8 Å². The Kier molecular flexibility index (Phi) is 4.48. The van der Waals surface area contributed by atoms with Crippen molar-refractivity contribution in [1.29, 1.82) is 0 Å². The number of pyridine rings is 1. The highest BCUT2D eigenvalue weighted by atomic mass is 16.5. The van der Waals surface area contributed by atoms with Crippen LogP contribution in [-0.4, -0.2) is 48.1 Å². The molecule has 0 saturated carbocycles. The summed E-state index contributed by atoms with van der Waals surface area (Å²) in [6.45, 7) is 7.59. The molecule has 0 unspecified atom stereocenters. The third-order valence-electron chi connectivity index (χ3n) is 3.66. The van der Waals surface area contributed by atoms with Crippen molar-refractivity contribution in [3.8, 4) is 17.1 Å². The van der Waals surface area contributed by atoms with Crippen LogP contribution in [0, 0.1) is 6.92 Å². The molecular formula is C16H20N4O2. The van der Waals surface area contributed by atoms with Gasteiger partial charge in [0, 0.05) is 30.5 Å². The van der Waals surface area contributed by atoms with Crippen LogP contribution in [0.2, 0.25) is 0 Å². The quantitative estimate of drug-likeness (QED) is 0.861. The van der Waals surface area contributed by atoms with Crippen LogP contribution >= 0.6 is 0 Å². The maximum Gasteiger partial charge on any atom is 0.257 e. The van der Waals surface area contributed by atoms with E-state index in [2.05, 4.69) is 20.1 Å². The lowest BCUT2D eigenvalue weighted by Crippen LogP contribution is -2.36. The van der Waals surface area contributed by atoms with E-state index in [0.29, 0.717) is 12.5 Å². The van der Waals surface area contributed by atoms with Crippen molar-refractivity contribution < 1.29 is 9.47 Å². The summed E-state index contributed by atoms with van der Waals surface area (Å²) in [6.07, 6.45) is 1.78. The van der Waals surface area contributed by atoms with Crippen molar-refractivity contribution in [2.75, 3.05) is 37.8 Å². The average Bonchev–Trinajstić information content (AvgIpc) is 2.57. The van der Waals surface area contributed by atoms with Crippen LogP contribution in [-0.2, 0) is 4.74 Å². The monoisotopic (exact) mass is 300 g/mol. The van der Waals surface area contributed by atoms with Gasteiger partial charge in [-0.25, -0.2) is 0 Å². The van der Waals surface area contributed by atoms with E-state index in [9.17, 15) is 0 Å². The van der Waals surface area contributed by atoms with Gasteiger partial charge in [-0.05, 0) is 32.0 Å². The van der Waals surface area contributed by atoms with Crippen LogP contribution in [0.15, 0.2) is 24.4 Å². The van der Waals surface area contributed by atoms with Gasteiger partial charge in [-0.1, -0.05) is 0 Å². The highest BCUT2D eigenvalue weighted by Gasteiger charge is 2.19. The summed E-state index contributed by atoms with van der Waals surface area (Å²) in [4.78, 5) is 6.56. The molecular weight excluding hydrogens is 280 g/mol. The zero-order valence-corrected chi connectivity index (χ0v) is 13.0. The lowest BCUT2D eigenvalue weighted by molar-refractivity contribution is 0.122. The normalized spacial score (nSPS) is 14.9. The predicted molar refractivity (Wildman–Crippen MR) is 84.2 cm³/mol. The summed E-state index contributed by atoms with van der Waals surface area (Å²) < 4.78 is 11.1. The summed E-state index contributed by atoms with van der Waals surface area (Å²) in [5.74, 6) is 0.578. The number of rotatable bonds is 4. The van der Waals surface area contributed by atoms with E-state index in [-0.39, 0.29) is 0 Å². The van der Waals surface area contributed by atoms with Crippen molar-refractivity contribution in [1.82, 2.24) is 15.2 Å². The average molecular weight is 300 g/mol. The Morgan fingerprint density at radius 1 is 1.27 bits per heavy atom. The molecule has 6 heteroatoms. The van der Waals surface area contributed by atoms with E-state index in [1.165, 1.54) is 0 Å². The molecule has 6 nitrogen and oxygen atoms in total. The van der Waals surface area contributed by atoms with E-state index in [1.54, 1.807) is 6.20 Å². The van der Waals surface area contributed by atoms with Crippen LogP contribution in [0.5, 0.6) is 5.88 Å². The van der Waals surface area contributed by atoms with Crippen LogP contribution < -0.4 is 9.64 Å². The summed E-state index contributed by atoms with van der Waals surface area (Å²) in [5.41, 5.74) is 3.72. The van der Waals surface area contributed by atoms with Gasteiger partial charge in [-0.2, -0.15) is 0 Å². The highest BCUT2D eigenvalue weighted by Crippen LogP contribution is 2.31. The summed E-state index contributed by atoms with van der Waals surface area (Å²) in [7, 11) is 0. The Bertz CT molecular complexity index is 642. The molecule has 1 aliphatic heterocycles. The number of anilines is 1. The molecule has 3 rings (SSSR count). The van der Waals surface area contributed by atoms with Gasteiger partial charge in [0.05, 0.1) is 25.5 Å². The number of ether oxygens (including phenoxy) is 2. The lowest BCUT2D eigenvalue weighted by atomic mass is 10.1. The number of nitrogens with zero attached hydrogens (tertiary/aromatic N) is 4. The molecule has 1 fully saturated rings. The molecule has 0 bridgehead atoms. The number of hydrogen-bond acceptors (Lipinski definition) is 6. The van der Waals surface area contributed by atoms with Crippen LogP contribution in [0.4, 0.5) is 5.69 Å². The Labute approximate surface area is 130 Å². The second-order valence-corrected chi connectivity index (χ2v) is 5.09. The molecule has 2 aromatic rings. The SMILES string of the molecule is CCOc1nnc(-c2cccnc2C)cc1N1CCOCC1. The first-order valence-electron chi connectivity index (χ1n) is 7.55. The fourth-order valence-electron chi connectivity index (χ4n) is 2.53. The molecule has 3 heterocycles. The number of morpholine rings is 1.